The Morgan fingerprint density at radius 2 is 1.67 bits per heavy atom. The van der Waals surface area contributed by atoms with Crippen molar-refractivity contribution in [1.82, 2.24) is 0 Å². The van der Waals surface area contributed by atoms with E-state index in [4.69, 9.17) is 0 Å². The number of allylic oxidation sites excluding steroid dienone is 2. The van der Waals surface area contributed by atoms with Crippen LogP contribution in [-0.2, 0) is 0 Å². The largest absolute Gasteiger partial charge is 0.143 e. The molecule has 0 radical (unpaired) electrons. The lowest BCUT2D eigenvalue weighted by Gasteiger charge is -2.16. The van der Waals surface area contributed by atoms with Crippen molar-refractivity contribution in [3.63, 3.8) is 0 Å². The van der Waals surface area contributed by atoms with Gasteiger partial charge in [-0.2, -0.15) is 0 Å². The van der Waals surface area contributed by atoms with E-state index in [9.17, 15) is 0 Å². The minimum Gasteiger partial charge on any atom is -0.143 e. The second kappa shape index (κ2) is 7.68. The van der Waals surface area contributed by atoms with E-state index in [0.717, 1.165) is 11.3 Å². The van der Waals surface area contributed by atoms with E-state index in [-0.39, 0.29) is 0 Å². The topological polar surface area (TPSA) is 0 Å². The van der Waals surface area contributed by atoms with Crippen molar-refractivity contribution in [3.8, 4) is 0 Å². The molecule has 1 aromatic carbocycles. The SMILES string of the molecule is CCCC(CCC)=C(CC)c1cc(S)ccc1C. The second-order valence-corrected chi connectivity index (χ2v) is 5.45. The molecular weight excluding hydrogens is 236 g/mol. The molecule has 0 bridgehead atoms. The van der Waals surface area contributed by atoms with Gasteiger partial charge in [0.2, 0.25) is 0 Å². The van der Waals surface area contributed by atoms with Gasteiger partial charge in [0.25, 0.3) is 0 Å². The molecule has 0 aliphatic carbocycles. The van der Waals surface area contributed by atoms with Crippen LogP contribution in [0.15, 0.2) is 28.7 Å². The van der Waals surface area contributed by atoms with E-state index >= 15 is 0 Å². The van der Waals surface area contributed by atoms with Crippen molar-refractivity contribution in [3.05, 3.63) is 34.9 Å². The summed E-state index contributed by atoms with van der Waals surface area (Å²) >= 11 is 4.49. The number of thiol groups is 1. The first-order chi connectivity index (χ1) is 8.63. The average molecular weight is 262 g/mol. The number of benzene rings is 1. The first-order valence-electron chi connectivity index (χ1n) is 7.14. The van der Waals surface area contributed by atoms with Crippen molar-refractivity contribution in [2.45, 2.75) is 64.7 Å². The Labute approximate surface area is 118 Å². The third-order valence-corrected chi connectivity index (χ3v) is 3.71. The molecule has 0 aromatic heterocycles. The molecule has 0 unspecified atom stereocenters. The van der Waals surface area contributed by atoms with Crippen LogP contribution >= 0.6 is 12.6 Å². The molecule has 0 amide bonds. The highest BCUT2D eigenvalue weighted by atomic mass is 32.1. The molecule has 0 saturated carbocycles. The minimum absolute atomic E-state index is 1.06. The molecule has 0 atom stereocenters. The summed E-state index contributed by atoms with van der Waals surface area (Å²) in [5, 5.41) is 0. The fraction of sp³-hybridized carbons (Fsp3) is 0.529. The normalized spacial score (nSPS) is 10.5. The van der Waals surface area contributed by atoms with Crippen LogP contribution in [0, 0.1) is 6.92 Å². The van der Waals surface area contributed by atoms with Crippen molar-refractivity contribution < 1.29 is 0 Å². The predicted octanol–water partition coefficient (Wildman–Crippen LogP) is 6.05. The lowest BCUT2D eigenvalue weighted by atomic mass is 9.90. The molecule has 1 aromatic rings. The summed E-state index contributed by atoms with van der Waals surface area (Å²) in [5.74, 6) is 0. The van der Waals surface area contributed by atoms with Gasteiger partial charge in [0.05, 0.1) is 0 Å². The molecule has 0 aliphatic rings. The molecule has 0 aliphatic heterocycles. The highest BCUT2D eigenvalue weighted by Gasteiger charge is 2.09. The van der Waals surface area contributed by atoms with Crippen LogP contribution in [0.25, 0.3) is 5.57 Å². The number of hydrogen-bond acceptors (Lipinski definition) is 1. The van der Waals surface area contributed by atoms with Crippen molar-refractivity contribution in [1.29, 1.82) is 0 Å². The minimum atomic E-state index is 1.06. The maximum Gasteiger partial charge on any atom is 0.00462 e. The molecule has 0 N–H and O–H groups in total. The van der Waals surface area contributed by atoms with Crippen molar-refractivity contribution in [2.24, 2.45) is 0 Å². The van der Waals surface area contributed by atoms with Gasteiger partial charge in [-0.1, -0.05) is 45.3 Å². The van der Waals surface area contributed by atoms with E-state index in [1.165, 1.54) is 36.8 Å². The Bertz CT molecular complexity index is 408. The Kier molecular flexibility index (Phi) is 6.56. The Morgan fingerprint density at radius 1 is 1.06 bits per heavy atom. The summed E-state index contributed by atoms with van der Waals surface area (Å²) in [6.45, 7) is 9.01. The second-order valence-electron chi connectivity index (χ2n) is 4.93. The van der Waals surface area contributed by atoms with Gasteiger partial charge in [0.15, 0.2) is 0 Å². The molecular formula is C17H26S. The molecule has 0 fully saturated rings. The molecule has 0 nitrogen and oxygen atoms in total. The first kappa shape index (κ1) is 15.4. The Balaban J connectivity index is 3.27. The third kappa shape index (κ3) is 3.91. The zero-order valence-corrected chi connectivity index (χ0v) is 13.1. The number of hydrogen-bond donors (Lipinski definition) is 1. The third-order valence-electron chi connectivity index (χ3n) is 3.43. The van der Waals surface area contributed by atoms with Gasteiger partial charge in [0, 0.05) is 4.90 Å². The standard InChI is InChI=1S/C17H26S/c1-5-8-14(9-6-2)16(7-3)17-12-15(18)11-10-13(17)4/h10-12,18H,5-9H2,1-4H3. The van der Waals surface area contributed by atoms with Crippen LogP contribution in [0.2, 0.25) is 0 Å². The van der Waals surface area contributed by atoms with Gasteiger partial charge in [-0.3, -0.25) is 0 Å². The summed E-state index contributed by atoms with van der Waals surface area (Å²) in [5.41, 5.74) is 5.97. The van der Waals surface area contributed by atoms with Crippen molar-refractivity contribution >= 4 is 18.2 Å². The van der Waals surface area contributed by atoms with Crippen molar-refractivity contribution in [2.75, 3.05) is 0 Å². The zero-order chi connectivity index (χ0) is 13.5. The van der Waals surface area contributed by atoms with Gasteiger partial charge < -0.3 is 0 Å². The summed E-state index contributed by atoms with van der Waals surface area (Å²) in [6, 6.07) is 6.49. The monoisotopic (exact) mass is 262 g/mol. The fourth-order valence-electron chi connectivity index (χ4n) is 2.60. The Hall–Kier alpha value is -0.690. The summed E-state index contributed by atoms with van der Waals surface area (Å²) in [6.07, 6.45) is 6.05. The average Bonchev–Trinajstić information content (AvgIpc) is 2.35. The maximum absolute atomic E-state index is 4.49. The lowest BCUT2D eigenvalue weighted by Crippen LogP contribution is -1.95. The van der Waals surface area contributed by atoms with E-state index < -0.39 is 0 Å². The van der Waals surface area contributed by atoms with Gasteiger partial charge in [-0.05, 0) is 55.0 Å². The van der Waals surface area contributed by atoms with Crippen LogP contribution in [0.5, 0.6) is 0 Å². The molecule has 100 valence electrons. The fourth-order valence-corrected chi connectivity index (χ4v) is 2.80. The highest BCUT2D eigenvalue weighted by molar-refractivity contribution is 7.80. The van der Waals surface area contributed by atoms with Crippen LogP contribution in [-0.4, -0.2) is 0 Å². The highest BCUT2D eigenvalue weighted by Crippen LogP contribution is 2.31. The van der Waals surface area contributed by atoms with E-state index in [1.54, 1.807) is 11.1 Å². The van der Waals surface area contributed by atoms with E-state index in [1.807, 2.05) is 0 Å². The lowest BCUT2D eigenvalue weighted by molar-refractivity contribution is 0.801. The molecule has 1 heteroatoms. The summed E-state index contributed by atoms with van der Waals surface area (Å²) in [4.78, 5) is 1.06. The van der Waals surface area contributed by atoms with Crippen LogP contribution in [0.4, 0.5) is 0 Å². The summed E-state index contributed by atoms with van der Waals surface area (Å²) in [7, 11) is 0. The van der Waals surface area contributed by atoms with Gasteiger partial charge in [0.1, 0.15) is 0 Å². The smallest absolute Gasteiger partial charge is 0.00462 e. The van der Waals surface area contributed by atoms with Crippen LogP contribution in [0.3, 0.4) is 0 Å². The van der Waals surface area contributed by atoms with Crippen LogP contribution < -0.4 is 0 Å². The first-order valence-corrected chi connectivity index (χ1v) is 7.59. The summed E-state index contributed by atoms with van der Waals surface area (Å²) < 4.78 is 0. The van der Waals surface area contributed by atoms with Crippen LogP contribution in [0.1, 0.15) is 64.0 Å². The quantitative estimate of drug-likeness (QED) is 0.593. The maximum atomic E-state index is 4.49. The van der Waals surface area contributed by atoms with Gasteiger partial charge in [-0.25, -0.2) is 0 Å². The number of aryl methyl sites for hydroxylation is 1. The van der Waals surface area contributed by atoms with E-state index in [0.29, 0.717) is 0 Å². The molecule has 1 rings (SSSR count). The van der Waals surface area contributed by atoms with E-state index in [2.05, 4.69) is 58.5 Å². The molecule has 0 spiro atoms. The molecule has 0 heterocycles. The van der Waals surface area contributed by atoms with Gasteiger partial charge in [-0.15, -0.1) is 12.6 Å². The number of rotatable bonds is 6. The van der Waals surface area contributed by atoms with Gasteiger partial charge >= 0.3 is 0 Å². The molecule has 0 saturated heterocycles. The predicted molar refractivity (Wildman–Crippen MR) is 85.5 cm³/mol. The zero-order valence-electron chi connectivity index (χ0n) is 12.2. The Morgan fingerprint density at radius 3 is 2.17 bits per heavy atom. The molecule has 18 heavy (non-hydrogen) atoms.